The molecule has 0 fully saturated rings. The number of hydrogen-bond acceptors (Lipinski definition) is 5. The lowest BCUT2D eigenvalue weighted by Crippen LogP contribution is -2.19. The smallest absolute Gasteiger partial charge is 0.138 e. The van der Waals surface area contributed by atoms with E-state index in [4.69, 9.17) is 21.3 Å². The molecular weight excluding hydrogens is 460 g/mol. The van der Waals surface area contributed by atoms with Gasteiger partial charge in [-0.25, -0.2) is 4.98 Å². The summed E-state index contributed by atoms with van der Waals surface area (Å²) in [5.74, 6) is 1.62. The molecule has 0 bridgehead atoms. The number of ether oxygens (including phenoxy) is 1. The van der Waals surface area contributed by atoms with Crippen molar-refractivity contribution in [2.24, 2.45) is 0 Å². The number of nitrogens with zero attached hydrogens (tertiary/aromatic N) is 4. The molecule has 0 spiro atoms. The summed E-state index contributed by atoms with van der Waals surface area (Å²) in [5, 5.41) is 7.54. The number of imidazole rings is 1. The van der Waals surface area contributed by atoms with Crippen LogP contribution in [-0.2, 0) is 0 Å². The average Bonchev–Trinajstić information content (AvgIpc) is 3.52. The van der Waals surface area contributed by atoms with Crippen LogP contribution in [0.15, 0.2) is 79.3 Å². The number of benzene rings is 2. The minimum Gasteiger partial charge on any atom is -0.492 e. The van der Waals surface area contributed by atoms with Crippen molar-refractivity contribution in [2.45, 2.75) is 0 Å². The van der Waals surface area contributed by atoms with Gasteiger partial charge in [-0.1, -0.05) is 35.9 Å². The lowest BCUT2D eigenvalue weighted by molar-refractivity contribution is 0.261. The number of H-pyrrole nitrogens is 2. The second-order valence-corrected chi connectivity index (χ2v) is 8.80. The molecule has 176 valence electrons. The van der Waals surface area contributed by atoms with Crippen LogP contribution in [0.2, 0.25) is 5.02 Å². The zero-order valence-corrected chi connectivity index (χ0v) is 20.3. The number of halogens is 1. The first-order chi connectivity index (χ1) is 17.1. The van der Waals surface area contributed by atoms with Crippen molar-refractivity contribution in [2.75, 3.05) is 27.2 Å². The van der Waals surface area contributed by atoms with Crippen molar-refractivity contribution >= 4 is 11.6 Å². The van der Waals surface area contributed by atoms with Gasteiger partial charge in [0.2, 0.25) is 0 Å². The third-order valence-electron chi connectivity index (χ3n) is 5.65. The molecule has 3 heterocycles. The Bertz CT molecular complexity index is 1390. The molecule has 2 aromatic carbocycles. The van der Waals surface area contributed by atoms with E-state index in [9.17, 15) is 0 Å². The Morgan fingerprint density at radius 1 is 0.829 bits per heavy atom. The Morgan fingerprint density at radius 2 is 1.49 bits per heavy atom. The topological polar surface area (TPSA) is 82.7 Å². The second kappa shape index (κ2) is 10.1. The van der Waals surface area contributed by atoms with Crippen molar-refractivity contribution in [1.29, 1.82) is 0 Å². The maximum atomic E-state index is 6.23. The van der Waals surface area contributed by atoms with Crippen LogP contribution < -0.4 is 4.74 Å². The molecule has 0 saturated heterocycles. The lowest BCUT2D eigenvalue weighted by atomic mass is 10.0. The van der Waals surface area contributed by atoms with E-state index in [1.54, 1.807) is 18.6 Å². The van der Waals surface area contributed by atoms with Gasteiger partial charge in [0.25, 0.3) is 0 Å². The SMILES string of the molecule is CN(C)CCOc1ccc(-c2nc(-c3ccc(-c4[nH]ncc4Cl)cc3)c(-c3ccncc3)[nH]2)cc1. The van der Waals surface area contributed by atoms with Crippen LogP contribution in [0.4, 0.5) is 0 Å². The van der Waals surface area contributed by atoms with Crippen LogP contribution in [0.25, 0.3) is 45.2 Å². The summed E-state index contributed by atoms with van der Waals surface area (Å²) in [6.07, 6.45) is 5.16. The maximum Gasteiger partial charge on any atom is 0.138 e. The number of aromatic nitrogens is 5. The monoisotopic (exact) mass is 484 g/mol. The first kappa shape index (κ1) is 22.8. The molecule has 0 atom stereocenters. The van der Waals surface area contributed by atoms with Crippen molar-refractivity contribution in [3.05, 3.63) is 84.3 Å². The molecule has 0 unspecified atom stereocenters. The zero-order valence-electron chi connectivity index (χ0n) is 19.5. The largest absolute Gasteiger partial charge is 0.492 e. The molecule has 3 aromatic heterocycles. The molecule has 5 rings (SSSR count). The Labute approximate surface area is 208 Å². The summed E-state index contributed by atoms with van der Waals surface area (Å²) in [5.41, 5.74) is 6.53. The van der Waals surface area contributed by atoms with E-state index >= 15 is 0 Å². The van der Waals surface area contributed by atoms with Gasteiger partial charge in [-0.3, -0.25) is 10.1 Å². The van der Waals surface area contributed by atoms with Gasteiger partial charge >= 0.3 is 0 Å². The molecule has 35 heavy (non-hydrogen) atoms. The summed E-state index contributed by atoms with van der Waals surface area (Å²) >= 11 is 6.23. The maximum absolute atomic E-state index is 6.23. The quantitative estimate of drug-likeness (QED) is 0.291. The standard InChI is InChI=1S/C27H25ClN6O/c1-34(2)15-16-35-22-9-7-21(8-10-22)27-31-25(26(32-27)20-11-13-29-14-12-20)19-5-3-18(4-6-19)24-23(28)17-30-33-24/h3-14,17H,15-16H2,1-2H3,(H,30,33)(H,31,32). The Kier molecular flexibility index (Phi) is 6.61. The fourth-order valence-corrected chi connectivity index (χ4v) is 3.97. The summed E-state index contributed by atoms with van der Waals surface area (Å²) < 4.78 is 5.83. The van der Waals surface area contributed by atoms with Crippen molar-refractivity contribution in [3.8, 4) is 50.9 Å². The molecule has 0 amide bonds. The highest BCUT2D eigenvalue weighted by Gasteiger charge is 2.16. The number of rotatable bonds is 8. The summed E-state index contributed by atoms with van der Waals surface area (Å²) in [4.78, 5) is 14.8. The van der Waals surface area contributed by atoms with E-state index in [0.717, 1.165) is 57.5 Å². The molecule has 7 nitrogen and oxygen atoms in total. The third kappa shape index (κ3) is 5.11. The Hall–Kier alpha value is -3.94. The van der Waals surface area contributed by atoms with Crippen LogP contribution in [0.3, 0.4) is 0 Å². The molecule has 0 aliphatic heterocycles. The van der Waals surface area contributed by atoms with E-state index in [1.165, 1.54) is 0 Å². The molecule has 0 saturated carbocycles. The number of aromatic amines is 2. The number of nitrogens with one attached hydrogen (secondary N) is 2. The van der Waals surface area contributed by atoms with Gasteiger partial charge in [-0.05, 0) is 50.5 Å². The van der Waals surface area contributed by atoms with E-state index in [1.807, 2.05) is 74.8 Å². The highest BCUT2D eigenvalue weighted by atomic mass is 35.5. The molecule has 0 aliphatic carbocycles. The van der Waals surface area contributed by atoms with Crippen molar-refractivity contribution < 1.29 is 4.74 Å². The third-order valence-corrected chi connectivity index (χ3v) is 5.93. The Morgan fingerprint density at radius 3 is 2.14 bits per heavy atom. The summed E-state index contributed by atoms with van der Waals surface area (Å²) in [7, 11) is 4.06. The van der Waals surface area contributed by atoms with E-state index in [2.05, 4.69) is 25.1 Å². The predicted molar refractivity (Wildman–Crippen MR) is 139 cm³/mol. The van der Waals surface area contributed by atoms with E-state index in [0.29, 0.717) is 11.6 Å². The zero-order chi connectivity index (χ0) is 24.2. The average molecular weight is 485 g/mol. The van der Waals surface area contributed by atoms with Crippen molar-refractivity contribution in [1.82, 2.24) is 30.0 Å². The van der Waals surface area contributed by atoms with Gasteiger partial charge in [-0.15, -0.1) is 0 Å². The van der Waals surface area contributed by atoms with E-state index < -0.39 is 0 Å². The highest BCUT2D eigenvalue weighted by Crippen LogP contribution is 2.34. The lowest BCUT2D eigenvalue weighted by Gasteiger charge is -2.11. The van der Waals surface area contributed by atoms with Gasteiger partial charge < -0.3 is 14.6 Å². The molecule has 8 heteroatoms. The summed E-state index contributed by atoms with van der Waals surface area (Å²) in [6, 6.07) is 20.0. The number of likely N-dealkylation sites (N-methyl/N-ethyl adjacent to an activating group) is 1. The van der Waals surface area contributed by atoms with Crippen LogP contribution in [0.1, 0.15) is 0 Å². The normalized spacial score (nSPS) is 11.2. The van der Waals surface area contributed by atoms with Crippen LogP contribution >= 0.6 is 11.6 Å². The number of hydrogen-bond donors (Lipinski definition) is 2. The second-order valence-electron chi connectivity index (χ2n) is 8.39. The fourth-order valence-electron chi connectivity index (χ4n) is 3.77. The van der Waals surface area contributed by atoms with Crippen LogP contribution in [-0.4, -0.2) is 57.3 Å². The first-order valence-electron chi connectivity index (χ1n) is 11.3. The highest BCUT2D eigenvalue weighted by molar-refractivity contribution is 6.32. The van der Waals surface area contributed by atoms with Gasteiger partial charge in [0.15, 0.2) is 0 Å². The molecular formula is C27H25ClN6O. The van der Waals surface area contributed by atoms with Gasteiger partial charge in [0.05, 0.1) is 28.3 Å². The number of pyridine rings is 1. The Balaban J connectivity index is 1.47. The van der Waals surface area contributed by atoms with Crippen LogP contribution in [0.5, 0.6) is 5.75 Å². The van der Waals surface area contributed by atoms with Gasteiger partial charge in [-0.2, -0.15) is 5.10 Å². The summed E-state index contributed by atoms with van der Waals surface area (Å²) in [6.45, 7) is 1.51. The van der Waals surface area contributed by atoms with Gasteiger partial charge in [0, 0.05) is 41.2 Å². The molecule has 0 radical (unpaired) electrons. The van der Waals surface area contributed by atoms with Gasteiger partial charge in [0.1, 0.15) is 18.2 Å². The minimum atomic E-state index is 0.589. The fraction of sp³-hybridized carbons (Fsp3) is 0.148. The minimum absolute atomic E-state index is 0.589. The van der Waals surface area contributed by atoms with E-state index in [-0.39, 0.29) is 0 Å². The van der Waals surface area contributed by atoms with Crippen molar-refractivity contribution in [3.63, 3.8) is 0 Å². The molecule has 0 aliphatic rings. The molecule has 2 N–H and O–H groups in total. The predicted octanol–water partition coefficient (Wildman–Crippen LogP) is 5.79. The van der Waals surface area contributed by atoms with Crippen LogP contribution in [0, 0.1) is 0 Å². The molecule has 5 aromatic rings. The first-order valence-corrected chi connectivity index (χ1v) is 11.6.